The number of rotatable bonds is 7. The Balaban J connectivity index is 1.90. The van der Waals surface area contributed by atoms with E-state index in [1.807, 2.05) is 13.0 Å². The third kappa shape index (κ3) is 3.19. The molecule has 0 radical (unpaired) electrons. The zero-order valence-electron chi connectivity index (χ0n) is 16.0. The van der Waals surface area contributed by atoms with Crippen LogP contribution < -0.4 is 14.8 Å². The molecular weight excluding hydrogens is 360 g/mol. The average molecular weight is 382 g/mol. The molecule has 1 heterocycles. The largest absolute Gasteiger partial charge is 0.497 e. The fraction of sp³-hybridized carbons (Fsp3) is 0.286. The fourth-order valence-corrected chi connectivity index (χ4v) is 3.39. The van der Waals surface area contributed by atoms with E-state index in [-0.39, 0.29) is 12.1 Å². The van der Waals surface area contributed by atoms with Crippen LogP contribution in [0.2, 0.25) is 0 Å². The predicted octanol–water partition coefficient (Wildman–Crippen LogP) is 2.74. The number of ether oxygens (including phenoxy) is 2. The maximum Gasteiger partial charge on any atom is 0.325 e. The highest BCUT2D eigenvalue weighted by molar-refractivity contribution is 6.12. The summed E-state index contributed by atoms with van der Waals surface area (Å²) in [6, 6.07) is 13.2. The topological polar surface area (TPSA) is 84.9 Å². The first kappa shape index (κ1) is 19.4. The van der Waals surface area contributed by atoms with Crippen molar-refractivity contribution in [3.63, 3.8) is 0 Å². The van der Waals surface area contributed by atoms with Crippen LogP contribution in [0.15, 0.2) is 48.5 Å². The molecule has 0 aliphatic carbocycles. The molecule has 146 valence electrons. The number of nitrogens with zero attached hydrogens (tertiary/aromatic N) is 1. The van der Waals surface area contributed by atoms with E-state index < -0.39 is 23.3 Å². The maximum atomic E-state index is 13.1. The predicted molar refractivity (Wildman–Crippen MR) is 103 cm³/mol. The minimum atomic E-state index is -1.17. The van der Waals surface area contributed by atoms with Crippen molar-refractivity contribution in [3.8, 4) is 11.5 Å². The molecule has 1 fully saturated rings. The molecule has 0 unspecified atom stereocenters. The molecule has 0 saturated carbocycles. The zero-order chi connectivity index (χ0) is 20.3. The Hall–Kier alpha value is -3.35. The Morgan fingerprint density at radius 2 is 1.79 bits per heavy atom. The van der Waals surface area contributed by atoms with Crippen molar-refractivity contribution in [2.75, 3.05) is 20.8 Å². The third-order valence-electron chi connectivity index (χ3n) is 4.98. The van der Waals surface area contributed by atoms with E-state index in [4.69, 9.17) is 9.47 Å². The number of methoxy groups -OCH3 is 2. The van der Waals surface area contributed by atoms with Crippen LogP contribution >= 0.6 is 0 Å². The first-order valence-electron chi connectivity index (χ1n) is 8.91. The molecule has 28 heavy (non-hydrogen) atoms. The number of carbonyl (C=O) groups excluding carboxylic acids is 3. The minimum Gasteiger partial charge on any atom is -0.497 e. The van der Waals surface area contributed by atoms with Crippen LogP contribution in [0.25, 0.3) is 0 Å². The number of benzene rings is 2. The number of hydrogen-bond donors (Lipinski definition) is 1. The molecule has 7 nitrogen and oxygen atoms in total. The van der Waals surface area contributed by atoms with Crippen molar-refractivity contribution in [1.82, 2.24) is 10.2 Å². The first-order valence-corrected chi connectivity index (χ1v) is 8.91. The van der Waals surface area contributed by atoms with Gasteiger partial charge < -0.3 is 14.8 Å². The van der Waals surface area contributed by atoms with Gasteiger partial charge in [0.1, 0.15) is 17.0 Å². The van der Waals surface area contributed by atoms with Crippen molar-refractivity contribution < 1.29 is 23.9 Å². The van der Waals surface area contributed by atoms with Gasteiger partial charge >= 0.3 is 6.03 Å². The second kappa shape index (κ2) is 7.72. The van der Waals surface area contributed by atoms with Gasteiger partial charge in [-0.3, -0.25) is 14.5 Å². The number of Topliss-reactive ketones (excluding diaryl/α,β-unsaturated/α-hetero) is 1. The summed E-state index contributed by atoms with van der Waals surface area (Å²) in [6.07, 6.45) is 0.370. The van der Waals surface area contributed by atoms with Gasteiger partial charge in [-0.05, 0) is 30.2 Å². The fourth-order valence-electron chi connectivity index (χ4n) is 3.39. The lowest BCUT2D eigenvalue weighted by Crippen LogP contribution is -2.43. The quantitative estimate of drug-likeness (QED) is 0.588. The minimum absolute atomic E-state index is 0.246. The average Bonchev–Trinajstić information content (AvgIpc) is 2.98. The molecule has 1 atom stereocenters. The maximum absolute atomic E-state index is 13.1. The van der Waals surface area contributed by atoms with Crippen LogP contribution in [0.1, 0.15) is 29.3 Å². The summed E-state index contributed by atoms with van der Waals surface area (Å²) in [5, 5.41) is 2.77. The lowest BCUT2D eigenvalue weighted by Gasteiger charge is -2.25. The number of hydrogen-bond acceptors (Lipinski definition) is 5. The van der Waals surface area contributed by atoms with Gasteiger partial charge in [-0.1, -0.05) is 37.3 Å². The van der Waals surface area contributed by atoms with Crippen molar-refractivity contribution in [2.24, 2.45) is 0 Å². The lowest BCUT2D eigenvalue weighted by molar-refractivity contribution is -0.131. The Morgan fingerprint density at radius 3 is 2.39 bits per heavy atom. The Kier molecular flexibility index (Phi) is 5.35. The molecule has 7 heteroatoms. The van der Waals surface area contributed by atoms with Crippen LogP contribution in [-0.4, -0.2) is 43.4 Å². The Bertz CT molecular complexity index is 912. The standard InChI is InChI=1S/C21H22N2O5/c1-4-21(14-8-6-5-7-9-14)19(25)23(20(26)22-21)13-17(24)16-12-15(27-2)10-11-18(16)28-3/h5-12H,4,13H2,1-3H3,(H,22,26)/t21-/m1/s1. The van der Waals surface area contributed by atoms with E-state index in [2.05, 4.69) is 5.32 Å². The molecule has 0 bridgehead atoms. The SMILES string of the molecule is CC[C@]1(c2ccccc2)NC(=O)N(CC(=O)c2cc(OC)ccc2OC)C1=O. The van der Waals surface area contributed by atoms with E-state index in [1.165, 1.54) is 20.3 Å². The van der Waals surface area contributed by atoms with Crippen molar-refractivity contribution in [1.29, 1.82) is 0 Å². The van der Waals surface area contributed by atoms with Gasteiger partial charge in [0.25, 0.3) is 5.91 Å². The van der Waals surface area contributed by atoms with Crippen LogP contribution in [0, 0.1) is 0 Å². The van der Waals surface area contributed by atoms with Crippen molar-refractivity contribution >= 4 is 17.7 Å². The van der Waals surface area contributed by atoms with Crippen LogP contribution in [-0.2, 0) is 10.3 Å². The summed E-state index contributed by atoms with van der Waals surface area (Å²) < 4.78 is 10.4. The van der Waals surface area contributed by atoms with E-state index in [0.29, 0.717) is 23.5 Å². The van der Waals surface area contributed by atoms with Gasteiger partial charge in [0.05, 0.1) is 26.3 Å². The van der Waals surface area contributed by atoms with Crippen molar-refractivity contribution in [3.05, 3.63) is 59.7 Å². The summed E-state index contributed by atoms with van der Waals surface area (Å²) >= 11 is 0. The second-order valence-electron chi connectivity index (χ2n) is 6.44. The summed E-state index contributed by atoms with van der Waals surface area (Å²) in [5.41, 5.74) is -0.238. The highest BCUT2D eigenvalue weighted by Crippen LogP contribution is 2.33. The summed E-state index contributed by atoms with van der Waals surface area (Å²) in [6.45, 7) is 1.43. The Morgan fingerprint density at radius 1 is 1.07 bits per heavy atom. The van der Waals surface area contributed by atoms with Gasteiger partial charge in [-0.2, -0.15) is 0 Å². The van der Waals surface area contributed by atoms with Crippen LogP contribution in [0.4, 0.5) is 4.79 Å². The van der Waals surface area contributed by atoms with E-state index in [0.717, 1.165) is 4.90 Å². The van der Waals surface area contributed by atoms with Crippen LogP contribution in [0.5, 0.6) is 11.5 Å². The molecule has 2 aromatic carbocycles. The zero-order valence-corrected chi connectivity index (χ0v) is 16.0. The number of amides is 3. The lowest BCUT2D eigenvalue weighted by atomic mass is 9.87. The number of ketones is 1. The molecule has 1 saturated heterocycles. The molecular formula is C21H22N2O5. The number of nitrogens with one attached hydrogen (secondary N) is 1. The highest BCUT2D eigenvalue weighted by Gasteiger charge is 2.51. The monoisotopic (exact) mass is 382 g/mol. The van der Waals surface area contributed by atoms with Gasteiger partial charge in [0, 0.05) is 0 Å². The van der Waals surface area contributed by atoms with Gasteiger partial charge in [-0.15, -0.1) is 0 Å². The number of imide groups is 1. The van der Waals surface area contributed by atoms with E-state index in [1.54, 1.807) is 36.4 Å². The van der Waals surface area contributed by atoms with E-state index >= 15 is 0 Å². The second-order valence-corrected chi connectivity index (χ2v) is 6.44. The Labute approximate surface area is 163 Å². The third-order valence-corrected chi connectivity index (χ3v) is 4.98. The molecule has 2 aromatic rings. The van der Waals surface area contributed by atoms with Gasteiger partial charge in [0.15, 0.2) is 5.78 Å². The van der Waals surface area contributed by atoms with Gasteiger partial charge in [-0.25, -0.2) is 4.79 Å². The molecule has 3 amide bonds. The summed E-state index contributed by atoms with van der Waals surface area (Å²) in [4.78, 5) is 39.5. The molecule has 0 aromatic heterocycles. The number of carbonyl (C=O) groups is 3. The van der Waals surface area contributed by atoms with Gasteiger partial charge in [0.2, 0.25) is 0 Å². The first-order chi connectivity index (χ1) is 13.5. The van der Waals surface area contributed by atoms with E-state index in [9.17, 15) is 14.4 Å². The number of urea groups is 1. The molecule has 1 N–H and O–H groups in total. The molecule has 3 rings (SSSR count). The highest BCUT2D eigenvalue weighted by atomic mass is 16.5. The van der Waals surface area contributed by atoms with Crippen molar-refractivity contribution in [2.45, 2.75) is 18.9 Å². The smallest absolute Gasteiger partial charge is 0.325 e. The molecule has 0 spiro atoms. The molecule has 1 aliphatic heterocycles. The molecule has 1 aliphatic rings. The van der Waals surface area contributed by atoms with Crippen LogP contribution in [0.3, 0.4) is 0 Å². The summed E-state index contributed by atoms with van der Waals surface area (Å²) in [5.74, 6) is -0.0307. The normalized spacial score (nSPS) is 18.8. The summed E-state index contributed by atoms with van der Waals surface area (Å²) in [7, 11) is 2.94.